The standard InChI is InChI=1S/C19H19F3N6O/c1-10(11-6-14(21)15(22)7-13(11)20)24-16-4-5-28-18(25-16)12(8-23-28)17-26-19(2,3)9-29-27-17/h4-8,10H,9H2,1-3H3,(H,24,25)(H,26,27)/t10-/m1/s1. The van der Waals surface area contributed by atoms with Crippen LogP contribution < -0.4 is 10.8 Å². The van der Waals surface area contributed by atoms with Gasteiger partial charge in [-0.2, -0.15) is 5.10 Å². The molecule has 0 fully saturated rings. The largest absolute Gasteiger partial charge is 0.363 e. The Balaban J connectivity index is 1.66. The topological polar surface area (TPSA) is 75.8 Å². The molecule has 7 nitrogen and oxygen atoms in total. The summed E-state index contributed by atoms with van der Waals surface area (Å²) in [5, 5.41) is 7.26. The van der Waals surface area contributed by atoms with Gasteiger partial charge >= 0.3 is 0 Å². The lowest BCUT2D eigenvalue weighted by molar-refractivity contribution is 0.0406. The second kappa shape index (κ2) is 7.03. The molecule has 2 N–H and O–H groups in total. The minimum Gasteiger partial charge on any atom is -0.363 e. The van der Waals surface area contributed by atoms with E-state index < -0.39 is 29.0 Å². The van der Waals surface area contributed by atoms with E-state index in [2.05, 4.69) is 25.9 Å². The van der Waals surface area contributed by atoms with Gasteiger partial charge in [-0.1, -0.05) is 0 Å². The van der Waals surface area contributed by atoms with Crippen molar-refractivity contribution in [3.63, 3.8) is 0 Å². The van der Waals surface area contributed by atoms with E-state index in [1.807, 2.05) is 13.8 Å². The van der Waals surface area contributed by atoms with Gasteiger partial charge in [-0.05, 0) is 32.9 Å². The monoisotopic (exact) mass is 404 g/mol. The zero-order chi connectivity index (χ0) is 20.8. The Morgan fingerprint density at radius 3 is 2.72 bits per heavy atom. The summed E-state index contributed by atoms with van der Waals surface area (Å²) in [6.45, 7) is 5.94. The highest BCUT2D eigenvalue weighted by Crippen LogP contribution is 2.24. The van der Waals surface area contributed by atoms with Crippen LogP contribution in [0, 0.1) is 17.5 Å². The number of aromatic nitrogens is 3. The normalized spacial score (nSPS) is 17.0. The van der Waals surface area contributed by atoms with Crippen LogP contribution in [0.3, 0.4) is 0 Å². The molecule has 3 aromatic rings. The Labute approximate surface area is 164 Å². The quantitative estimate of drug-likeness (QED) is 0.652. The number of amidine groups is 1. The molecule has 29 heavy (non-hydrogen) atoms. The van der Waals surface area contributed by atoms with Crippen LogP contribution in [-0.2, 0) is 4.84 Å². The van der Waals surface area contributed by atoms with Crippen molar-refractivity contribution in [2.75, 3.05) is 11.9 Å². The maximum Gasteiger partial charge on any atom is 0.168 e. The predicted octanol–water partition coefficient (Wildman–Crippen LogP) is 3.38. The molecule has 1 aliphatic heterocycles. The Morgan fingerprint density at radius 1 is 1.21 bits per heavy atom. The van der Waals surface area contributed by atoms with Gasteiger partial charge in [0.15, 0.2) is 23.1 Å². The van der Waals surface area contributed by atoms with Crippen molar-refractivity contribution in [3.8, 4) is 0 Å². The van der Waals surface area contributed by atoms with Crippen LogP contribution in [0.25, 0.3) is 5.65 Å². The molecular weight excluding hydrogens is 385 g/mol. The summed E-state index contributed by atoms with van der Waals surface area (Å²) in [7, 11) is 0. The molecule has 152 valence electrons. The third kappa shape index (κ3) is 3.75. The SMILES string of the molecule is C[C@@H](Nc1ccn2ncc(C3=NC(C)(C)CON3)c2n1)c1cc(F)c(F)cc1F. The third-order valence-electron chi connectivity index (χ3n) is 4.50. The summed E-state index contributed by atoms with van der Waals surface area (Å²) in [5.41, 5.74) is 3.51. The minimum atomic E-state index is -1.23. The van der Waals surface area contributed by atoms with Crippen molar-refractivity contribution < 1.29 is 18.0 Å². The number of aliphatic imine (C=N–C) groups is 1. The first-order chi connectivity index (χ1) is 13.7. The van der Waals surface area contributed by atoms with E-state index in [9.17, 15) is 13.2 Å². The average Bonchev–Trinajstić information content (AvgIpc) is 3.07. The molecule has 1 aliphatic rings. The lowest BCUT2D eigenvalue weighted by atomic mass is 10.1. The Bertz CT molecular complexity index is 1110. The zero-order valence-electron chi connectivity index (χ0n) is 16.0. The lowest BCUT2D eigenvalue weighted by Gasteiger charge is -2.26. The van der Waals surface area contributed by atoms with Crippen LogP contribution in [0.1, 0.15) is 37.9 Å². The maximum atomic E-state index is 14.0. The molecule has 1 aromatic carbocycles. The summed E-state index contributed by atoms with van der Waals surface area (Å²) in [5.74, 6) is -2.27. The number of hydroxylamine groups is 1. The predicted molar refractivity (Wildman–Crippen MR) is 101 cm³/mol. The van der Waals surface area contributed by atoms with Gasteiger partial charge in [-0.15, -0.1) is 0 Å². The van der Waals surface area contributed by atoms with Gasteiger partial charge < -0.3 is 5.32 Å². The van der Waals surface area contributed by atoms with E-state index in [4.69, 9.17) is 4.84 Å². The highest BCUT2D eigenvalue weighted by Gasteiger charge is 2.25. The molecule has 3 heterocycles. The van der Waals surface area contributed by atoms with Crippen molar-refractivity contribution >= 4 is 17.3 Å². The number of nitrogens with zero attached hydrogens (tertiary/aromatic N) is 4. The van der Waals surface area contributed by atoms with Crippen LogP contribution in [0.2, 0.25) is 0 Å². The Hall–Kier alpha value is -3.14. The molecule has 0 unspecified atom stereocenters. The number of hydrogen-bond acceptors (Lipinski definition) is 6. The van der Waals surface area contributed by atoms with Crippen LogP contribution in [0.4, 0.5) is 19.0 Å². The van der Waals surface area contributed by atoms with E-state index in [0.29, 0.717) is 35.5 Å². The first-order valence-corrected chi connectivity index (χ1v) is 8.97. The van der Waals surface area contributed by atoms with Gasteiger partial charge in [-0.25, -0.2) is 28.2 Å². The zero-order valence-corrected chi connectivity index (χ0v) is 16.0. The van der Waals surface area contributed by atoms with Gasteiger partial charge in [0.2, 0.25) is 0 Å². The summed E-state index contributed by atoms with van der Waals surface area (Å²) in [6, 6.07) is 2.36. The summed E-state index contributed by atoms with van der Waals surface area (Å²) in [6.07, 6.45) is 3.29. The van der Waals surface area contributed by atoms with Crippen molar-refractivity contribution in [1.29, 1.82) is 0 Å². The number of halogens is 3. The summed E-state index contributed by atoms with van der Waals surface area (Å²) < 4.78 is 42.3. The second-order valence-corrected chi connectivity index (χ2v) is 7.46. The highest BCUT2D eigenvalue weighted by molar-refractivity contribution is 6.03. The molecule has 4 rings (SSSR count). The fourth-order valence-electron chi connectivity index (χ4n) is 3.04. The molecule has 0 aliphatic carbocycles. The van der Waals surface area contributed by atoms with Gasteiger partial charge in [0.25, 0.3) is 0 Å². The molecule has 0 radical (unpaired) electrons. The van der Waals surface area contributed by atoms with Crippen molar-refractivity contribution in [2.45, 2.75) is 32.4 Å². The van der Waals surface area contributed by atoms with Gasteiger partial charge in [0.05, 0.1) is 29.9 Å². The molecule has 2 aromatic heterocycles. The molecule has 1 atom stereocenters. The number of benzene rings is 1. The van der Waals surface area contributed by atoms with Gasteiger partial charge in [0.1, 0.15) is 11.6 Å². The molecule has 0 spiro atoms. The Morgan fingerprint density at radius 2 is 1.97 bits per heavy atom. The van der Waals surface area contributed by atoms with Gasteiger partial charge in [0, 0.05) is 17.8 Å². The van der Waals surface area contributed by atoms with E-state index in [0.717, 1.165) is 6.07 Å². The second-order valence-electron chi connectivity index (χ2n) is 7.46. The van der Waals surface area contributed by atoms with Crippen molar-refractivity contribution in [3.05, 3.63) is 59.2 Å². The molecule has 0 saturated heterocycles. The van der Waals surface area contributed by atoms with Crippen LogP contribution >= 0.6 is 0 Å². The molecule has 10 heteroatoms. The number of hydrogen-bond donors (Lipinski definition) is 2. The number of anilines is 1. The minimum absolute atomic E-state index is 0.00669. The summed E-state index contributed by atoms with van der Waals surface area (Å²) >= 11 is 0. The fourth-order valence-corrected chi connectivity index (χ4v) is 3.04. The van der Waals surface area contributed by atoms with E-state index in [1.54, 1.807) is 29.9 Å². The number of fused-ring (bicyclic) bond motifs is 1. The van der Waals surface area contributed by atoms with E-state index in [1.165, 1.54) is 0 Å². The van der Waals surface area contributed by atoms with Gasteiger partial charge in [-0.3, -0.25) is 9.83 Å². The van der Waals surface area contributed by atoms with Crippen molar-refractivity contribution in [1.82, 2.24) is 20.1 Å². The Kier molecular flexibility index (Phi) is 4.65. The number of nitrogens with one attached hydrogen (secondary N) is 2. The van der Waals surface area contributed by atoms with Crippen molar-refractivity contribution in [2.24, 2.45) is 4.99 Å². The highest BCUT2D eigenvalue weighted by atomic mass is 19.2. The molecule has 0 saturated carbocycles. The third-order valence-corrected chi connectivity index (χ3v) is 4.50. The van der Waals surface area contributed by atoms with Crippen LogP contribution in [0.5, 0.6) is 0 Å². The smallest absolute Gasteiger partial charge is 0.168 e. The first kappa shape index (κ1) is 19.2. The average molecular weight is 404 g/mol. The lowest BCUT2D eigenvalue weighted by Crippen LogP contribution is -2.40. The van der Waals surface area contributed by atoms with E-state index >= 15 is 0 Å². The maximum absolute atomic E-state index is 14.0. The molecular formula is C19H19F3N6O. The number of rotatable bonds is 4. The molecule has 0 bridgehead atoms. The van der Waals surface area contributed by atoms with Crippen LogP contribution in [0.15, 0.2) is 35.6 Å². The molecule has 0 amide bonds. The first-order valence-electron chi connectivity index (χ1n) is 8.97. The van der Waals surface area contributed by atoms with E-state index in [-0.39, 0.29) is 5.56 Å². The fraction of sp³-hybridized carbons (Fsp3) is 0.316. The van der Waals surface area contributed by atoms with Crippen LogP contribution in [-0.4, -0.2) is 32.6 Å². The summed E-state index contributed by atoms with van der Waals surface area (Å²) in [4.78, 5) is 14.5.